The molecule has 2 rings (SSSR count). The molecule has 0 aliphatic heterocycles. The van der Waals surface area contributed by atoms with E-state index < -0.39 is 0 Å². The molecular weight excluding hydrogens is 216 g/mol. The Labute approximate surface area is 102 Å². The highest BCUT2D eigenvalue weighted by Crippen LogP contribution is 2.33. The van der Waals surface area contributed by atoms with E-state index in [1.54, 1.807) is 11.3 Å². The third-order valence-electron chi connectivity index (χ3n) is 3.77. The predicted octanol–water partition coefficient (Wildman–Crippen LogP) is 3.93. The number of hydrogen-bond acceptors (Lipinski definition) is 2. The Morgan fingerprint density at radius 1 is 1.50 bits per heavy atom. The molecule has 1 saturated carbocycles. The van der Waals surface area contributed by atoms with E-state index in [-0.39, 0.29) is 0 Å². The van der Waals surface area contributed by atoms with Crippen LogP contribution in [-0.4, -0.2) is 5.78 Å². The molecule has 0 N–H and O–H groups in total. The Morgan fingerprint density at radius 2 is 2.31 bits per heavy atom. The zero-order valence-electron chi connectivity index (χ0n) is 10.1. The molecule has 2 heteroatoms. The standard InChI is InChI=1S/C14H20OS/c1-10(2)11-5-6-14(15)12(8-11)9-13-4-3-7-16-13/h3-4,7,10-12H,5-6,8-9H2,1-2H3. The smallest absolute Gasteiger partial charge is 0.136 e. The van der Waals surface area contributed by atoms with Crippen molar-refractivity contribution in [3.05, 3.63) is 22.4 Å². The third kappa shape index (κ3) is 2.73. The molecule has 1 nitrogen and oxygen atoms in total. The second kappa shape index (κ2) is 5.13. The minimum absolute atomic E-state index is 0.291. The fourth-order valence-corrected chi connectivity index (χ4v) is 3.41. The maximum Gasteiger partial charge on any atom is 0.136 e. The van der Waals surface area contributed by atoms with Crippen LogP contribution in [0.1, 0.15) is 38.0 Å². The molecule has 1 aliphatic rings. The largest absolute Gasteiger partial charge is 0.299 e. The Balaban J connectivity index is 1.99. The molecule has 1 aliphatic carbocycles. The minimum Gasteiger partial charge on any atom is -0.299 e. The lowest BCUT2D eigenvalue weighted by molar-refractivity contribution is -0.125. The first-order valence-electron chi connectivity index (χ1n) is 6.22. The number of thiophene rings is 1. The normalized spacial score (nSPS) is 26.3. The summed E-state index contributed by atoms with van der Waals surface area (Å²) in [5.74, 6) is 2.26. The first kappa shape index (κ1) is 11.8. The van der Waals surface area contributed by atoms with Gasteiger partial charge in [-0.25, -0.2) is 0 Å². The molecule has 0 saturated heterocycles. The summed E-state index contributed by atoms with van der Waals surface area (Å²) in [6, 6.07) is 4.23. The van der Waals surface area contributed by atoms with Crippen molar-refractivity contribution >= 4 is 17.1 Å². The molecule has 2 unspecified atom stereocenters. The first-order valence-corrected chi connectivity index (χ1v) is 7.10. The van der Waals surface area contributed by atoms with Crippen molar-refractivity contribution < 1.29 is 4.79 Å². The molecular formula is C14H20OS. The number of ketones is 1. The molecule has 0 amide bonds. The van der Waals surface area contributed by atoms with E-state index in [0.29, 0.717) is 11.7 Å². The Kier molecular flexibility index (Phi) is 3.80. The van der Waals surface area contributed by atoms with E-state index in [1.807, 2.05) is 0 Å². The maximum atomic E-state index is 11.9. The fraction of sp³-hybridized carbons (Fsp3) is 0.643. The van der Waals surface area contributed by atoms with Gasteiger partial charge >= 0.3 is 0 Å². The molecule has 1 fully saturated rings. The van der Waals surface area contributed by atoms with Gasteiger partial charge in [-0.15, -0.1) is 11.3 Å². The summed E-state index contributed by atoms with van der Waals surface area (Å²) >= 11 is 1.78. The summed E-state index contributed by atoms with van der Waals surface area (Å²) in [6.07, 6.45) is 3.99. The van der Waals surface area contributed by atoms with E-state index in [1.165, 1.54) is 4.88 Å². The summed E-state index contributed by atoms with van der Waals surface area (Å²) < 4.78 is 0. The SMILES string of the molecule is CC(C)C1CCC(=O)C(Cc2cccs2)C1. The zero-order valence-corrected chi connectivity index (χ0v) is 10.9. The number of carbonyl (C=O) groups excluding carboxylic acids is 1. The Hall–Kier alpha value is -0.630. The highest BCUT2D eigenvalue weighted by atomic mass is 32.1. The lowest BCUT2D eigenvalue weighted by Gasteiger charge is -2.30. The summed E-state index contributed by atoms with van der Waals surface area (Å²) in [5, 5.41) is 2.10. The average molecular weight is 236 g/mol. The zero-order chi connectivity index (χ0) is 11.5. The van der Waals surface area contributed by atoms with Crippen LogP contribution in [0.15, 0.2) is 17.5 Å². The summed E-state index contributed by atoms with van der Waals surface area (Å²) in [5.41, 5.74) is 0. The molecule has 0 aromatic carbocycles. The van der Waals surface area contributed by atoms with Crippen molar-refractivity contribution in [1.82, 2.24) is 0 Å². The highest BCUT2D eigenvalue weighted by molar-refractivity contribution is 7.09. The summed E-state index contributed by atoms with van der Waals surface area (Å²) in [4.78, 5) is 13.3. The topological polar surface area (TPSA) is 17.1 Å². The van der Waals surface area contributed by atoms with Gasteiger partial charge in [0.15, 0.2) is 0 Å². The number of carbonyl (C=O) groups is 1. The van der Waals surface area contributed by atoms with Crippen molar-refractivity contribution in [2.75, 3.05) is 0 Å². The van der Waals surface area contributed by atoms with Crippen LogP contribution in [0.25, 0.3) is 0 Å². The van der Waals surface area contributed by atoms with Crippen LogP contribution in [0, 0.1) is 17.8 Å². The van der Waals surface area contributed by atoms with Gasteiger partial charge in [0.1, 0.15) is 5.78 Å². The Morgan fingerprint density at radius 3 is 2.94 bits per heavy atom. The Bertz CT molecular complexity index is 340. The van der Waals surface area contributed by atoms with Crippen LogP contribution in [-0.2, 0) is 11.2 Å². The second-order valence-electron chi connectivity index (χ2n) is 5.23. The molecule has 1 heterocycles. The van der Waals surface area contributed by atoms with Gasteiger partial charge in [-0.05, 0) is 42.5 Å². The summed E-state index contributed by atoms with van der Waals surface area (Å²) in [6.45, 7) is 4.56. The van der Waals surface area contributed by atoms with Crippen LogP contribution in [0.4, 0.5) is 0 Å². The van der Waals surface area contributed by atoms with Crippen molar-refractivity contribution in [3.8, 4) is 0 Å². The van der Waals surface area contributed by atoms with Crippen LogP contribution < -0.4 is 0 Å². The van der Waals surface area contributed by atoms with Gasteiger partial charge in [0.25, 0.3) is 0 Å². The molecule has 0 bridgehead atoms. The van der Waals surface area contributed by atoms with Gasteiger partial charge in [-0.3, -0.25) is 4.79 Å². The molecule has 1 aromatic rings. The quantitative estimate of drug-likeness (QED) is 0.777. The second-order valence-corrected chi connectivity index (χ2v) is 6.26. The maximum absolute atomic E-state index is 11.9. The van der Waals surface area contributed by atoms with E-state index in [0.717, 1.165) is 37.5 Å². The molecule has 2 atom stereocenters. The molecule has 0 spiro atoms. The number of Topliss-reactive ketones (excluding diaryl/α,β-unsaturated/α-hetero) is 1. The van der Waals surface area contributed by atoms with Crippen molar-refractivity contribution in [2.45, 2.75) is 39.5 Å². The van der Waals surface area contributed by atoms with Gasteiger partial charge in [0, 0.05) is 17.2 Å². The highest BCUT2D eigenvalue weighted by Gasteiger charge is 2.30. The monoisotopic (exact) mass is 236 g/mol. The van der Waals surface area contributed by atoms with Crippen molar-refractivity contribution in [3.63, 3.8) is 0 Å². The van der Waals surface area contributed by atoms with Gasteiger partial charge in [0.2, 0.25) is 0 Å². The van der Waals surface area contributed by atoms with Gasteiger partial charge < -0.3 is 0 Å². The van der Waals surface area contributed by atoms with E-state index in [9.17, 15) is 4.79 Å². The van der Waals surface area contributed by atoms with Crippen LogP contribution in [0.5, 0.6) is 0 Å². The van der Waals surface area contributed by atoms with Crippen LogP contribution in [0.3, 0.4) is 0 Å². The molecule has 16 heavy (non-hydrogen) atoms. The number of hydrogen-bond donors (Lipinski definition) is 0. The molecule has 0 radical (unpaired) electrons. The van der Waals surface area contributed by atoms with E-state index in [4.69, 9.17) is 0 Å². The fourth-order valence-electron chi connectivity index (χ4n) is 2.62. The van der Waals surface area contributed by atoms with Crippen LogP contribution >= 0.6 is 11.3 Å². The van der Waals surface area contributed by atoms with Gasteiger partial charge in [0.05, 0.1) is 0 Å². The van der Waals surface area contributed by atoms with Gasteiger partial charge in [-0.2, -0.15) is 0 Å². The number of rotatable bonds is 3. The van der Waals surface area contributed by atoms with Crippen molar-refractivity contribution in [1.29, 1.82) is 0 Å². The van der Waals surface area contributed by atoms with Crippen LogP contribution in [0.2, 0.25) is 0 Å². The van der Waals surface area contributed by atoms with E-state index in [2.05, 4.69) is 31.4 Å². The van der Waals surface area contributed by atoms with Crippen molar-refractivity contribution in [2.24, 2.45) is 17.8 Å². The minimum atomic E-state index is 0.291. The molecule has 88 valence electrons. The summed E-state index contributed by atoms with van der Waals surface area (Å²) in [7, 11) is 0. The lowest BCUT2D eigenvalue weighted by atomic mass is 9.74. The van der Waals surface area contributed by atoms with E-state index >= 15 is 0 Å². The predicted molar refractivity (Wildman–Crippen MR) is 68.7 cm³/mol. The van der Waals surface area contributed by atoms with Gasteiger partial charge in [-0.1, -0.05) is 19.9 Å². The third-order valence-corrected chi connectivity index (χ3v) is 4.67. The average Bonchev–Trinajstić information content (AvgIpc) is 2.73. The first-order chi connectivity index (χ1) is 7.66. The molecule has 1 aromatic heterocycles. The lowest BCUT2D eigenvalue weighted by Crippen LogP contribution is -2.28.